The van der Waals surface area contributed by atoms with E-state index in [2.05, 4.69) is 471 Å². The van der Waals surface area contributed by atoms with Gasteiger partial charge >= 0.3 is 0 Å². The number of fused-ring (bicyclic) bond motifs is 8. The van der Waals surface area contributed by atoms with Gasteiger partial charge in [0.15, 0.2) is 0 Å². The van der Waals surface area contributed by atoms with E-state index in [9.17, 15) is 21.0 Å². The number of hydrogen-bond acceptors (Lipinski definition) is 12. The summed E-state index contributed by atoms with van der Waals surface area (Å²) < 4.78 is 0. The van der Waals surface area contributed by atoms with Crippen molar-refractivity contribution in [1.82, 2.24) is 19.9 Å². The fourth-order valence-electron chi connectivity index (χ4n) is 21.7. The quantitative estimate of drug-likeness (QED) is 0.114. The third-order valence-corrected chi connectivity index (χ3v) is 28.7. The Balaban J connectivity index is 0.000000113. The summed E-state index contributed by atoms with van der Waals surface area (Å²) in [5.41, 5.74) is 43.0. The van der Waals surface area contributed by atoms with Gasteiger partial charge in [0.05, 0.1) is 68.3 Å². The summed E-state index contributed by atoms with van der Waals surface area (Å²) in [6, 6.07) is 156. The lowest BCUT2D eigenvalue weighted by molar-refractivity contribution is 0.632. The van der Waals surface area contributed by atoms with Crippen LogP contribution in [0.3, 0.4) is 0 Å². The van der Waals surface area contributed by atoms with E-state index in [0.717, 1.165) is 112 Å². The first kappa shape index (κ1) is 91.7. The fourth-order valence-corrected chi connectivity index (χ4v) is 21.7. The van der Waals surface area contributed by atoms with Crippen molar-refractivity contribution >= 4 is 68.2 Å². The molecule has 0 saturated heterocycles. The molecule has 0 fully saturated rings. The van der Waals surface area contributed by atoms with Crippen molar-refractivity contribution in [2.24, 2.45) is 0 Å². The number of nitriles is 4. The first-order chi connectivity index (χ1) is 70.3. The van der Waals surface area contributed by atoms with E-state index in [0.29, 0.717) is 22.4 Å². The van der Waals surface area contributed by atoms with Gasteiger partial charge in [-0.3, -0.25) is 15.0 Å². The van der Waals surface area contributed by atoms with E-state index in [4.69, 9.17) is 0 Å². The average molecular weight is 1850 g/mol. The zero-order valence-electron chi connectivity index (χ0n) is 81.2. The Morgan fingerprint density at radius 2 is 0.472 bits per heavy atom. The number of para-hydroxylation sites is 8. The van der Waals surface area contributed by atoms with Gasteiger partial charge in [-0.2, -0.15) is 21.0 Å². The molecule has 0 unspecified atom stereocenters. The highest BCUT2D eigenvalue weighted by Crippen LogP contribution is 2.58. The first-order valence-electron chi connectivity index (χ1n) is 48.5. The van der Waals surface area contributed by atoms with E-state index < -0.39 is 0 Å². The largest absolute Gasteiger partial charge is 0.310 e. The molecule has 0 radical (unpaired) electrons. The molecular formula is C132H100N12. The molecule has 144 heavy (non-hydrogen) atoms. The summed E-state index contributed by atoms with van der Waals surface area (Å²) in [7, 11) is 0. The van der Waals surface area contributed by atoms with Gasteiger partial charge in [0, 0.05) is 104 Å². The van der Waals surface area contributed by atoms with Crippen LogP contribution in [0.1, 0.15) is 122 Å². The Morgan fingerprint density at radius 3 is 0.792 bits per heavy atom. The van der Waals surface area contributed by atoms with Crippen molar-refractivity contribution in [2.75, 3.05) is 19.6 Å². The van der Waals surface area contributed by atoms with Crippen molar-refractivity contribution in [3.63, 3.8) is 0 Å². The van der Waals surface area contributed by atoms with Gasteiger partial charge in [-0.1, -0.05) is 347 Å². The van der Waals surface area contributed by atoms with Crippen molar-refractivity contribution in [3.05, 3.63) is 529 Å². The first-order valence-corrected chi connectivity index (χ1v) is 48.5. The SMILES string of the molecule is CC1(C)c2ccccc2N(c2cccc(-c3ccccc3-c3ccnc(C#N)c3)c2)c2ccccc21.CC1(C)c2ccccc2N(c2cccc(-c3ccccc3-c3ccncc3C#N)c2)c2ccccc21.CC1(C)c2ccccc2N(c2cccc(-c3ccccc3-c3cncc(C#N)c3)c2)c2ccccc21.CC1(C)c2ccccc2N(c2cccc(-c3ccccc3-c3cnccc3C#N)c2)c2ccccc21. The van der Waals surface area contributed by atoms with Crippen molar-refractivity contribution in [2.45, 2.75) is 77.0 Å². The smallest absolute Gasteiger partial charge is 0.141 e. The Morgan fingerprint density at radius 1 is 0.194 bits per heavy atom. The molecular weight excluding hydrogens is 1750 g/mol. The van der Waals surface area contributed by atoms with Gasteiger partial charge in [0.25, 0.3) is 0 Å². The molecule has 4 aliphatic rings. The van der Waals surface area contributed by atoms with Crippen LogP contribution < -0.4 is 19.6 Å². The van der Waals surface area contributed by atoms with Gasteiger partial charge in [-0.25, -0.2) is 4.98 Å². The summed E-state index contributed by atoms with van der Waals surface area (Å²) >= 11 is 0. The Bertz CT molecular complexity index is 7850. The summed E-state index contributed by atoms with van der Waals surface area (Å²) in [5, 5.41) is 38.1. The van der Waals surface area contributed by atoms with Crippen LogP contribution in [-0.4, -0.2) is 19.9 Å². The second-order valence-electron chi connectivity index (χ2n) is 38.5. The number of hydrogen-bond donors (Lipinski definition) is 0. The van der Waals surface area contributed by atoms with E-state index in [1.807, 2.05) is 66.9 Å². The molecule has 12 nitrogen and oxygen atoms in total. The van der Waals surface area contributed by atoms with Crippen LogP contribution in [0.2, 0.25) is 0 Å². The fraction of sp³-hybridized carbons (Fsp3) is 0.0909. The maximum atomic E-state index is 9.70. The molecule has 8 heterocycles. The van der Waals surface area contributed by atoms with Crippen LogP contribution in [0.4, 0.5) is 68.2 Å². The number of pyridine rings is 4. The number of nitrogens with zero attached hydrogens (tertiary/aromatic N) is 12. The summed E-state index contributed by atoms with van der Waals surface area (Å²) in [5.74, 6) is 0. The van der Waals surface area contributed by atoms with Crippen LogP contribution >= 0.6 is 0 Å². The van der Waals surface area contributed by atoms with E-state index in [1.165, 1.54) is 90.0 Å². The molecule has 24 rings (SSSR count). The number of anilines is 12. The van der Waals surface area contributed by atoms with Crippen LogP contribution in [0.15, 0.2) is 462 Å². The predicted molar refractivity (Wildman–Crippen MR) is 587 cm³/mol. The predicted octanol–water partition coefficient (Wildman–Crippen LogP) is 33.6. The Labute approximate surface area is 842 Å². The maximum Gasteiger partial charge on any atom is 0.141 e. The third kappa shape index (κ3) is 16.8. The minimum atomic E-state index is -0.0953. The minimum Gasteiger partial charge on any atom is -0.310 e. The summed E-state index contributed by atoms with van der Waals surface area (Å²) in [6.07, 6.45) is 11.9. The minimum absolute atomic E-state index is 0.0896. The number of aromatic nitrogens is 4. The van der Waals surface area contributed by atoms with Gasteiger partial charge in [-0.15, -0.1) is 0 Å². The Kier molecular flexibility index (Phi) is 24.6. The molecule has 0 saturated carbocycles. The van der Waals surface area contributed by atoms with Gasteiger partial charge in [-0.05, 0) is 244 Å². The summed E-state index contributed by atoms with van der Waals surface area (Å²) in [6.45, 7) is 18.4. The lowest BCUT2D eigenvalue weighted by atomic mass is 9.73. The second-order valence-corrected chi connectivity index (χ2v) is 38.5. The molecule has 688 valence electrons. The van der Waals surface area contributed by atoms with Crippen molar-refractivity contribution in [1.29, 1.82) is 21.0 Å². The normalized spacial score (nSPS) is 13.4. The standard InChI is InChI=1S/4C33H25N3/c1-33(2)29-14-5-7-16-31(29)36(32-17-8-6-15-30(32)33)26-11-9-10-24(19-26)27-12-3-4-13-28(27)25-18-23(20-34)21-35-22-25;1-33(2)29-14-5-7-16-31(29)36(32-17-8-6-15-30(32)33)26-11-9-10-23(21-26)27-12-3-4-13-28(27)24-18-19-35-25(20-24)22-34;1-33(2)29-14-5-7-16-31(29)36(32-17-8-6-15-30(32)33)25-11-9-10-23(20-25)26-12-3-4-13-28(26)27-18-19-35-22-24(27)21-34;1-33(2)29-14-5-7-16-31(29)36(32-17-8-6-15-30(32)33)25-11-9-10-23(20-25)26-12-3-4-13-27(26)28-22-35-19-18-24(28)21-34/h3-19,21-22H,1-2H3;3-21H,1-2H3;2*3-20,22H,1-2H3. The molecule has 12 heteroatoms. The molecule has 4 aliphatic heterocycles. The molecule has 0 aliphatic carbocycles. The number of rotatable bonds is 12. The highest BCUT2D eigenvalue weighted by Gasteiger charge is 2.42. The van der Waals surface area contributed by atoms with Crippen LogP contribution in [0.5, 0.6) is 0 Å². The topological polar surface area (TPSA) is 160 Å². The van der Waals surface area contributed by atoms with E-state index in [1.54, 1.807) is 43.2 Å². The number of benzene rings is 16. The van der Waals surface area contributed by atoms with Crippen molar-refractivity contribution < 1.29 is 0 Å². The third-order valence-electron chi connectivity index (χ3n) is 28.7. The van der Waals surface area contributed by atoms with Crippen LogP contribution in [-0.2, 0) is 21.7 Å². The molecule has 0 amide bonds. The van der Waals surface area contributed by atoms with Gasteiger partial charge < -0.3 is 19.6 Å². The summed E-state index contributed by atoms with van der Waals surface area (Å²) in [4.78, 5) is 26.4. The van der Waals surface area contributed by atoms with Crippen LogP contribution in [0.25, 0.3) is 89.0 Å². The molecule has 16 aromatic carbocycles. The lowest BCUT2D eigenvalue weighted by Gasteiger charge is -2.42. The molecule has 4 aromatic heterocycles. The molecule has 0 bridgehead atoms. The zero-order chi connectivity index (χ0) is 98.8. The molecule has 0 atom stereocenters. The van der Waals surface area contributed by atoms with Crippen molar-refractivity contribution in [3.8, 4) is 113 Å². The molecule has 0 spiro atoms. The average Bonchev–Trinajstić information content (AvgIpc) is 0.735. The van der Waals surface area contributed by atoms with Gasteiger partial charge in [0.2, 0.25) is 0 Å². The van der Waals surface area contributed by atoms with Gasteiger partial charge in [0.1, 0.15) is 23.9 Å². The second kappa shape index (κ2) is 38.6. The Hall–Kier alpha value is -18.7. The molecule has 0 N–H and O–H groups in total. The zero-order valence-corrected chi connectivity index (χ0v) is 81.2. The molecule has 20 aromatic rings. The van der Waals surface area contributed by atoms with E-state index in [-0.39, 0.29) is 21.7 Å². The van der Waals surface area contributed by atoms with E-state index >= 15 is 0 Å². The highest BCUT2D eigenvalue weighted by atomic mass is 15.2. The maximum absolute atomic E-state index is 9.70. The highest BCUT2D eigenvalue weighted by molar-refractivity contribution is 5.97. The van der Waals surface area contributed by atoms with Crippen LogP contribution in [0, 0.1) is 45.3 Å². The monoisotopic (exact) mass is 1850 g/mol. The lowest BCUT2D eigenvalue weighted by Crippen LogP contribution is -2.30.